The lowest BCUT2D eigenvalue weighted by Crippen LogP contribution is -2.21. The molecule has 0 bridgehead atoms. The van der Waals surface area contributed by atoms with E-state index in [1.807, 2.05) is 49.3 Å². The summed E-state index contributed by atoms with van der Waals surface area (Å²) in [5.74, 6) is 0.817. The van der Waals surface area contributed by atoms with Gasteiger partial charge in [0.05, 0.1) is 11.3 Å². The van der Waals surface area contributed by atoms with Gasteiger partial charge in [-0.15, -0.1) is 0 Å². The number of aromatic nitrogens is 2. The summed E-state index contributed by atoms with van der Waals surface area (Å²) in [6.07, 6.45) is -4.42. The van der Waals surface area contributed by atoms with Gasteiger partial charge in [-0.05, 0) is 38.7 Å². The first-order valence-corrected chi connectivity index (χ1v) is 9.50. The predicted molar refractivity (Wildman–Crippen MR) is 114 cm³/mol. The van der Waals surface area contributed by atoms with Crippen LogP contribution in [0.4, 0.5) is 30.6 Å². The van der Waals surface area contributed by atoms with Crippen molar-refractivity contribution in [3.8, 4) is 11.3 Å². The van der Waals surface area contributed by atoms with Crippen molar-refractivity contribution in [2.75, 3.05) is 37.8 Å². The fourth-order valence-corrected chi connectivity index (χ4v) is 2.89. The van der Waals surface area contributed by atoms with E-state index in [0.717, 1.165) is 18.2 Å². The molecule has 0 amide bonds. The van der Waals surface area contributed by atoms with E-state index in [4.69, 9.17) is 0 Å². The van der Waals surface area contributed by atoms with E-state index < -0.39 is 11.7 Å². The second kappa shape index (κ2) is 9.13. The van der Waals surface area contributed by atoms with E-state index in [9.17, 15) is 13.2 Å². The lowest BCUT2D eigenvalue weighted by atomic mass is 10.1. The van der Waals surface area contributed by atoms with E-state index in [2.05, 4.69) is 20.6 Å². The maximum Gasteiger partial charge on any atom is 0.416 e. The summed E-state index contributed by atoms with van der Waals surface area (Å²) in [4.78, 5) is 11.0. The van der Waals surface area contributed by atoms with Crippen LogP contribution in [0.1, 0.15) is 11.1 Å². The van der Waals surface area contributed by atoms with Crippen molar-refractivity contribution in [3.63, 3.8) is 0 Å². The highest BCUT2D eigenvalue weighted by molar-refractivity contribution is 5.67. The van der Waals surface area contributed by atoms with Crippen LogP contribution in [0.5, 0.6) is 0 Å². The standard InChI is InChI=1S/C22H24F3N5/c1-15-9-10-17(13-18(15)22(23,24)25)27-20-14-19(16-7-5-4-6-8-16)28-21(29-20)26-11-12-30(2)3/h4-10,13-14H,11-12H2,1-3H3,(H2,26,27,28,29). The van der Waals surface area contributed by atoms with Crippen LogP contribution >= 0.6 is 0 Å². The zero-order valence-electron chi connectivity index (χ0n) is 17.1. The molecule has 1 heterocycles. The number of halogens is 3. The molecule has 2 aromatic carbocycles. The predicted octanol–water partition coefficient (Wildman–Crippen LogP) is 5.19. The van der Waals surface area contributed by atoms with E-state index in [1.165, 1.54) is 13.0 Å². The number of likely N-dealkylation sites (N-methyl/N-ethyl adjacent to an activating group) is 1. The quantitative estimate of drug-likeness (QED) is 0.556. The van der Waals surface area contributed by atoms with E-state index in [0.29, 0.717) is 29.7 Å². The molecular weight excluding hydrogens is 391 g/mol. The number of anilines is 3. The minimum atomic E-state index is -4.42. The summed E-state index contributed by atoms with van der Waals surface area (Å²) in [6, 6.07) is 15.4. The van der Waals surface area contributed by atoms with Crippen LogP contribution < -0.4 is 10.6 Å². The van der Waals surface area contributed by atoms with Gasteiger partial charge in [0, 0.05) is 30.4 Å². The smallest absolute Gasteiger partial charge is 0.353 e. The Bertz CT molecular complexity index is 988. The lowest BCUT2D eigenvalue weighted by Gasteiger charge is -2.15. The molecule has 0 aliphatic carbocycles. The van der Waals surface area contributed by atoms with Gasteiger partial charge in [-0.3, -0.25) is 0 Å². The Balaban J connectivity index is 1.93. The first kappa shape index (κ1) is 21.6. The van der Waals surface area contributed by atoms with Crippen LogP contribution in [0, 0.1) is 6.92 Å². The molecule has 30 heavy (non-hydrogen) atoms. The number of benzene rings is 2. The third-order valence-corrected chi connectivity index (χ3v) is 4.45. The fraction of sp³-hybridized carbons (Fsp3) is 0.273. The molecule has 0 unspecified atom stereocenters. The number of rotatable bonds is 7. The average Bonchev–Trinajstić information content (AvgIpc) is 2.69. The van der Waals surface area contributed by atoms with Gasteiger partial charge in [-0.1, -0.05) is 36.4 Å². The average molecular weight is 415 g/mol. The normalized spacial score (nSPS) is 11.6. The second-order valence-corrected chi connectivity index (χ2v) is 7.21. The van der Waals surface area contributed by atoms with Gasteiger partial charge in [0.25, 0.3) is 0 Å². The monoisotopic (exact) mass is 415 g/mol. The van der Waals surface area contributed by atoms with Gasteiger partial charge in [0.2, 0.25) is 5.95 Å². The van der Waals surface area contributed by atoms with Crippen LogP contribution in [-0.2, 0) is 6.18 Å². The highest BCUT2D eigenvalue weighted by Gasteiger charge is 2.32. The molecule has 158 valence electrons. The van der Waals surface area contributed by atoms with Crippen molar-refractivity contribution in [2.45, 2.75) is 13.1 Å². The van der Waals surface area contributed by atoms with Crippen molar-refractivity contribution in [1.29, 1.82) is 0 Å². The maximum absolute atomic E-state index is 13.3. The SMILES string of the molecule is Cc1ccc(Nc2cc(-c3ccccc3)nc(NCCN(C)C)n2)cc1C(F)(F)F. The Hall–Kier alpha value is -3.13. The number of nitrogens with zero attached hydrogens (tertiary/aromatic N) is 3. The first-order chi connectivity index (χ1) is 14.2. The zero-order chi connectivity index (χ0) is 21.7. The molecule has 5 nitrogen and oxygen atoms in total. The molecule has 8 heteroatoms. The number of alkyl halides is 3. The van der Waals surface area contributed by atoms with Crippen LogP contribution in [0.2, 0.25) is 0 Å². The Morgan fingerprint density at radius 2 is 1.70 bits per heavy atom. The number of hydrogen-bond donors (Lipinski definition) is 2. The van der Waals surface area contributed by atoms with Gasteiger partial charge >= 0.3 is 6.18 Å². The molecule has 0 aliphatic heterocycles. The number of nitrogens with one attached hydrogen (secondary N) is 2. The van der Waals surface area contributed by atoms with Crippen LogP contribution in [-0.4, -0.2) is 42.1 Å². The topological polar surface area (TPSA) is 53.1 Å². The number of hydrogen-bond acceptors (Lipinski definition) is 5. The lowest BCUT2D eigenvalue weighted by molar-refractivity contribution is -0.138. The molecule has 3 aromatic rings. The van der Waals surface area contributed by atoms with Crippen LogP contribution in [0.25, 0.3) is 11.3 Å². The molecule has 0 saturated heterocycles. The summed E-state index contributed by atoms with van der Waals surface area (Å²) in [6.45, 7) is 2.86. The van der Waals surface area contributed by atoms with Crippen molar-refractivity contribution in [2.24, 2.45) is 0 Å². The highest BCUT2D eigenvalue weighted by Crippen LogP contribution is 2.34. The van der Waals surface area contributed by atoms with Gasteiger partial charge in [-0.25, -0.2) is 4.98 Å². The van der Waals surface area contributed by atoms with Gasteiger partial charge in [-0.2, -0.15) is 18.2 Å². The Morgan fingerprint density at radius 1 is 0.967 bits per heavy atom. The third-order valence-electron chi connectivity index (χ3n) is 4.45. The Kier molecular flexibility index (Phi) is 6.56. The summed E-state index contributed by atoms with van der Waals surface area (Å²) in [7, 11) is 3.93. The zero-order valence-corrected chi connectivity index (χ0v) is 17.1. The largest absolute Gasteiger partial charge is 0.416 e. The molecule has 0 fully saturated rings. The second-order valence-electron chi connectivity index (χ2n) is 7.21. The van der Waals surface area contributed by atoms with Gasteiger partial charge in [0.15, 0.2) is 0 Å². The first-order valence-electron chi connectivity index (χ1n) is 9.50. The summed E-state index contributed by atoms with van der Waals surface area (Å²) in [5, 5.41) is 6.17. The summed E-state index contributed by atoms with van der Waals surface area (Å²) in [5.41, 5.74) is 1.37. The summed E-state index contributed by atoms with van der Waals surface area (Å²) < 4.78 is 39.8. The van der Waals surface area contributed by atoms with Crippen molar-refractivity contribution in [1.82, 2.24) is 14.9 Å². The number of aryl methyl sites for hydroxylation is 1. The molecule has 1 aromatic heterocycles. The Morgan fingerprint density at radius 3 is 2.37 bits per heavy atom. The fourth-order valence-electron chi connectivity index (χ4n) is 2.89. The molecule has 0 saturated carbocycles. The highest BCUT2D eigenvalue weighted by atomic mass is 19.4. The van der Waals surface area contributed by atoms with Crippen LogP contribution in [0.3, 0.4) is 0 Å². The van der Waals surface area contributed by atoms with Crippen LogP contribution in [0.15, 0.2) is 54.6 Å². The van der Waals surface area contributed by atoms with Crippen molar-refractivity contribution < 1.29 is 13.2 Å². The molecule has 0 atom stereocenters. The Labute approximate surface area is 174 Å². The summed E-state index contributed by atoms with van der Waals surface area (Å²) >= 11 is 0. The minimum absolute atomic E-state index is 0.173. The molecule has 3 rings (SSSR count). The van der Waals surface area contributed by atoms with Crippen molar-refractivity contribution in [3.05, 3.63) is 65.7 Å². The minimum Gasteiger partial charge on any atom is -0.353 e. The van der Waals surface area contributed by atoms with E-state index in [-0.39, 0.29) is 5.56 Å². The van der Waals surface area contributed by atoms with Gasteiger partial charge in [0.1, 0.15) is 5.82 Å². The molecule has 0 radical (unpaired) electrons. The van der Waals surface area contributed by atoms with Gasteiger partial charge < -0.3 is 15.5 Å². The van der Waals surface area contributed by atoms with E-state index in [1.54, 1.807) is 12.1 Å². The molecule has 0 spiro atoms. The van der Waals surface area contributed by atoms with Crippen molar-refractivity contribution >= 4 is 17.5 Å². The maximum atomic E-state index is 13.3. The molecular formula is C22H24F3N5. The molecule has 0 aliphatic rings. The van der Waals surface area contributed by atoms with E-state index >= 15 is 0 Å². The molecule has 2 N–H and O–H groups in total. The third kappa shape index (κ3) is 5.70.